The molecule has 380 valence electrons. The first kappa shape index (κ1) is 63.3. The molecule has 0 saturated heterocycles. The number of unbranched alkanes of at least 4 members (excludes halogenated alkanes) is 30. The predicted molar refractivity (Wildman–Crippen MR) is 294 cm³/mol. The van der Waals surface area contributed by atoms with Crippen LogP contribution in [0.4, 0.5) is 0 Å². The number of carbonyl (C=O) groups excluding carboxylic acids is 1. The third-order valence-electron chi connectivity index (χ3n) is 12.6. The second-order valence-corrected chi connectivity index (χ2v) is 19.0. The van der Waals surface area contributed by atoms with Crippen molar-refractivity contribution in [2.24, 2.45) is 0 Å². The molecule has 0 aromatic carbocycles. The third kappa shape index (κ3) is 52.3. The first-order valence-corrected chi connectivity index (χ1v) is 28.5. The normalized spacial score (nSPS) is 13.6. The van der Waals surface area contributed by atoms with Gasteiger partial charge in [-0.15, -0.1) is 0 Å². The van der Waals surface area contributed by atoms with E-state index in [4.69, 9.17) is 0 Å². The Bertz CT molecular complexity index is 1220. The Balaban J connectivity index is 3.51. The molecule has 0 fully saturated rings. The molecular weight excluding hydrogens is 807 g/mol. The Kier molecular flexibility index (Phi) is 54.3. The number of aliphatic hydroxyl groups excluding tert-OH is 2. The Morgan fingerprint density at radius 3 is 1.06 bits per heavy atom. The van der Waals surface area contributed by atoms with E-state index in [-0.39, 0.29) is 12.5 Å². The van der Waals surface area contributed by atoms with Crippen LogP contribution in [0.2, 0.25) is 0 Å². The molecular formula is C62H109NO3. The van der Waals surface area contributed by atoms with Crippen LogP contribution in [0.3, 0.4) is 0 Å². The van der Waals surface area contributed by atoms with Crippen molar-refractivity contribution in [1.29, 1.82) is 0 Å². The molecule has 4 nitrogen and oxygen atoms in total. The van der Waals surface area contributed by atoms with Gasteiger partial charge in [-0.05, 0) is 83.5 Å². The number of aliphatic hydroxyl groups is 2. The van der Waals surface area contributed by atoms with Gasteiger partial charge in [0.1, 0.15) is 0 Å². The molecule has 2 unspecified atom stereocenters. The molecule has 0 spiro atoms. The second kappa shape index (κ2) is 56.6. The highest BCUT2D eigenvalue weighted by Crippen LogP contribution is 2.16. The van der Waals surface area contributed by atoms with Crippen LogP contribution in [0.25, 0.3) is 0 Å². The van der Waals surface area contributed by atoms with E-state index in [2.05, 4.69) is 104 Å². The van der Waals surface area contributed by atoms with Crippen LogP contribution < -0.4 is 5.32 Å². The zero-order chi connectivity index (χ0) is 47.7. The first-order valence-electron chi connectivity index (χ1n) is 28.5. The average Bonchev–Trinajstić information content (AvgIpc) is 3.32. The summed E-state index contributed by atoms with van der Waals surface area (Å²) in [5.41, 5.74) is 0. The highest BCUT2D eigenvalue weighted by Gasteiger charge is 2.18. The molecule has 0 aromatic heterocycles. The molecule has 0 saturated carbocycles. The number of hydrogen-bond donors (Lipinski definition) is 3. The van der Waals surface area contributed by atoms with E-state index in [0.717, 1.165) is 70.6 Å². The summed E-state index contributed by atoms with van der Waals surface area (Å²) in [6.07, 6.45) is 84.3. The van der Waals surface area contributed by atoms with Gasteiger partial charge in [0, 0.05) is 6.42 Å². The summed E-state index contributed by atoms with van der Waals surface area (Å²) in [6, 6.07) is -0.642. The van der Waals surface area contributed by atoms with Crippen LogP contribution >= 0.6 is 0 Å². The number of hydrogen-bond acceptors (Lipinski definition) is 3. The Labute approximate surface area is 411 Å². The van der Waals surface area contributed by atoms with Gasteiger partial charge >= 0.3 is 0 Å². The number of allylic oxidation sites excluding steroid dienone is 15. The number of carbonyl (C=O) groups is 1. The van der Waals surface area contributed by atoms with E-state index in [0.29, 0.717) is 6.42 Å². The van der Waals surface area contributed by atoms with Crippen molar-refractivity contribution in [3.63, 3.8) is 0 Å². The minimum atomic E-state index is -0.865. The second-order valence-electron chi connectivity index (χ2n) is 19.0. The lowest BCUT2D eigenvalue weighted by atomic mass is 10.0. The van der Waals surface area contributed by atoms with Crippen LogP contribution in [0.5, 0.6) is 0 Å². The molecule has 0 aromatic rings. The van der Waals surface area contributed by atoms with Gasteiger partial charge in [0.2, 0.25) is 5.91 Å². The van der Waals surface area contributed by atoms with Crippen molar-refractivity contribution in [3.8, 4) is 0 Å². The van der Waals surface area contributed by atoms with Gasteiger partial charge in [-0.25, -0.2) is 0 Å². The molecule has 0 radical (unpaired) electrons. The zero-order valence-electron chi connectivity index (χ0n) is 43.7. The van der Waals surface area contributed by atoms with Crippen LogP contribution in [0.15, 0.2) is 97.2 Å². The molecule has 66 heavy (non-hydrogen) atoms. The third-order valence-corrected chi connectivity index (χ3v) is 12.6. The fourth-order valence-electron chi connectivity index (χ4n) is 8.26. The SMILES string of the molecule is CC/C=C\C/C=C\C/C=C\C/C=C\C/C=C\C/C=C\CCCCCCCCCCCCCCCCCCCCC(=O)NC(CO)C(O)/C=C/CC/C=C/CCCCCCCCCCCCC. The van der Waals surface area contributed by atoms with E-state index in [9.17, 15) is 15.0 Å². The van der Waals surface area contributed by atoms with Crippen LogP contribution in [0, 0.1) is 0 Å². The molecule has 0 bridgehead atoms. The molecule has 0 aliphatic rings. The summed E-state index contributed by atoms with van der Waals surface area (Å²) >= 11 is 0. The number of rotatable bonds is 51. The van der Waals surface area contributed by atoms with Crippen molar-refractivity contribution in [1.82, 2.24) is 5.32 Å². The maximum atomic E-state index is 12.5. The van der Waals surface area contributed by atoms with Gasteiger partial charge in [0.05, 0.1) is 18.8 Å². The average molecular weight is 917 g/mol. The highest BCUT2D eigenvalue weighted by molar-refractivity contribution is 5.76. The maximum Gasteiger partial charge on any atom is 0.220 e. The minimum Gasteiger partial charge on any atom is -0.394 e. The van der Waals surface area contributed by atoms with Gasteiger partial charge in [-0.1, -0.05) is 278 Å². The van der Waals surface area contributed by atoms with Crippen LogP contribution in [-0.4, -0.2) is 34.9 Å². The summed E-state index contributed by atoms with van der Waals surface area (Å²) in [5, 5.41) is 23.1. The van der Waals surface area contributed by atoms with E-state index < -0.39 is 12.1 Å². The van der Waals surface area contributed by atoms with Crippen LogP contribution in [0.1, 0.15) is 271 Å². The van der Waals surface area contributed by atoms with Gasteiger partial charge < -0.3 is 15.5 Å². The topological polar surface area (TPSA) is 69.6 Å². The van der Waals surface area contributed by atoms with Crippen molar-refractivity contribution >= 4 is 5.91 Å². The highest BCUT2D eigenvalue weighted by atomic mass is 16.3. The summed E-state index contributed by atoms with van der Waals surface area (Å²) < 4.78 is 0. The molecule has 0 aliphatic carbocycles. The molecule has 0 heterocycles. The fourth-order valence-corrected chi connectivity index (χ4v) is 8.26. The molecule has 3 N–H and O–H groups in total. The van der Waals surface area contributed by atoms with E-state index in [1.54, 1.807) is 6.08 Å². The molecule has 4 heteroatoms. The van der Waals surface area contributed by atoms with Crippen molar-refractivity contribution in [2.75, 3.05) is 6.61 Å². The Morgan fingerprint density at radius 2 is 0.682 bits per heavy atom. The number of nitrogens with one attached hydrogen (secondary N) is 1. The lowest BCUT2D eigenvalue weighted by molar-refractivity contribution is -0.123. The van der Waals surface area contributed by atoms with E-state index in [1.807, 2.05) is 6.08 Å². The number of amides is 1. The standard InChI is InChI=1S/C62H109NO3/c1-3-5-7-9-11-13-15-17-19-21-22-23-24-25-26-27-28-29-30-31-32-33-34-35-36-37-38-39-40-42-44-46-48-50-52-54-56-58-62(66)63-60(59-64)61(65)57-55-53-51-49-47-45-43-41-20-18-16-14-12-10-8-6-4-2/h5,7,11,13,17,19,22-23,25-26,28-29,47,49,55,57,60-61,64-65H,3-4,6,8-10,12,14-16,18,20-21,24,27,30-46,48,50-54,56,58-59H2,1-2H3,(H,63,66)/b7-5-,13-11-,19-17-,23-22-,26-25-,29-28-,49-47+,57-55+. The van der Waals surface area contributed by atoms with Gasteiger partial charge in [0.15, 0.2) is 0 Å². The zero-order valence-corrected chi connectivity index (χ0v) is 43.7. The first-order chi connectivity index (χ1) is 32.7. The predicted octanol–water partition coefficient (Wildman–Crippen LogP) is 18.9. The van der Waals surface area contributed by atoms with Gasteiger partial charge in [-0.2, -0.15) is 0 Å². The van der Waals surface area contributed by atoms with Gasteiger partial charge in [-0.3, -0.25) is 4.79 Å². The molecule has 0 aliphatic heterocycles. The van der Waals surface area contributed by atoms with E-state index >= 15 is 0 Å². The molecule has 0 rings (SSSR count). The minimum absolute atomic E-state index is 0.0738. The Hall–Kier alpha value is -2.69. The monoisotopic (exact) mass is 916 g/mol. The van der Waals surface area contributed by atoms with Crippen LogP contribution in [-0.2, 0) is 4.79 Å². The van der Waals surface area contributed by atoms with Gasteiger partial charge in [0.25, 0.3) is 0 Å². The molecule has 2 atom stereocenters. The van der Waals surface area contributed by atoms with E-state index in [1.165, 1.54) is 180 Å². The van der Waals surface area contributed by atoms with Crippen molar-refractivity contribution in [2.45, 2.75) is 283 Å². The smallest absolute Gasteiger partial charge is 0.220 e. The summed E-state index contributed by atoms with van der Waals surface area (Å²) in [4.78, 5) is 12.5. The van der Waals surface area contributed by atoms with Crippen molar-refractivity contribution < 1.29 is 15.0 Å². The fraction of sp³-hybridized carbons (Fsp3) is 0.726. The summed E-state index contributed by atoms with van der Waals surface area (Å²) in [7, 11) is 0. The largest absolute Gasteiger partial charge is 0.394 e. The lowest BCUT2D eigenvalue weighted by Crippen LogP contribution is -2.45. The van der Waals surface area contributed by atoms with Crippen molar-refractivity contribution in [3.05, 3.63) is 97.2 Å². The maximum absolute atomic E-state index is 12.5. The molecule has 1 amide bonds. The summed E-state index contributed by atoms with van der Waals surface area (Å²) in [5.74, 6) is -0.0738. The lowest BCUT2D eigenvalue weighted by Gasteiger charge is -2.19. The Morgan fingerprint density at radius 1 is 0.379 bits per heavy atom. The summed E-state index contributed by atoms with van der Waals surface area (Å²) in [6.45, 7) is 4.19. The quantitative estimate of drug-likeness (QED) is 0.0421.